The van der Waals surface area contributed by atoms with Gasteiger partial charge in [-0.25, -0.2) is 19.9 Å². The van der Waals surface area contributed by atoms with Gasteiger partial charge in [0.05, 0.1) is 33.8 Å². The summed E-state index contributed by atoms with van der Waals surface area (Å²) in [6.45, 7) is 2.15. The third kappa shape index (κ3) is 6.75. The molecule has 0 fully saturated rings. The second-order valence-electron chi connectivity index (χ2n) is 14.3. The number of hydrogen-bond acceptors (Lipinski definition) is 4. The highest BCUT2D eigenvalue weighted by Gasteiger charge is 2.14. The smallest absolute Gasteiger partial charge is 0.160 e. The fraction of sp³-hybridized carbons (Fsp3) is 0.0189. The number of aryl methyl sites for hydroxylation is 1. The van der Waals surface area contributed by atoms with Crippen LogP contribution in [-0.2, 0) is 0 Å². The van der Waals surface area contributed by atoms with Crippen molar-refractivity contribution in [1.82, 2.24) is 19.9 Å². The summed E-state index contributed by atoms with van der Waals surface area (Å²) >= 11 is 0. The van der Waals surface area contributed by atoms with Crippen LogP contribution in [0, 0.1) is 6.92 Å². The maximum absolute atomic E-state index is 5.24. The molecule has 268 valence electrons. The largest absolute Gasteiger partial charge is 0.245 e. The average Bonchev–Trinajstić information content (AvgIpc) is 3.29. The molecule has 0 aliphatic carbocycles. The van der Waals surface area contributed by atoms with Gasteiger partial charge in [-0.2, -0.15) is 0 Å². The molecule has 0 aliphatic rings. The van der Waals surface area contributed by atoms with E-state index in [0.717, 1.165) is 83.5 Å². The Balaban J connectivity index is 0.993. The zero-order valence-corrected chi connectivity index (χ0v) is 31.3. The van der Waals surface area contributed by atoms with Crippen LogP contribution in [0.5, 0.6) is 0 Å². The quantitative estimate of drug-likeness (QED) is 0.153. The fourth-order valence-electron chi connectivity index (χ4n) is 7.57. The first kappa shape index (κ1) is 34.0. The summed E-state index contributed by atoms with van der Waals surface area (Å²) in [5.41, 5.74) is 16.4. The Bertz CT molecular complexity index is 3030. The number of hydrogen-bond donors (Lipinski definition) is 0. The minimum absolute atomic E-state index is 0.697. The van der Waals surface area contributed by atoms with Crippen molar-refractivity contribution in [2.75, 3.05) is 0 Å². The lowest BCUT2D eigenvalue weighted by atomic mass is 9.98. The van der Waals surface area contributed by atoms with E-state index in [-0.39, 0.29) is 0 Å². The number of benzene rings is 7. The zero-order chi connectivity index (χ0) is 38.1. The Hall–Kier alpha value is -7.56. The van der Waals surface area contributed by atoms with E-state index in [4.69, 9.17) is 19.9 Å². The van der Waals surface area contributed by atoms with E-state index in [1.807, 2.05) is 42.5 Å². The minimum Gasteiger partial charge on any atom is -0.245 e. The molecule has 0 radical (unpaired) electrons. The second kappa shape index (κ2) is 14.6. The highest BCUT2D eigenvalue weighted by molar-refractivity contribution is 6.05. The van der Waals surface area contributed by atoms with Crippen molar-refractivity contribution in [2.24, 2.45) is 0 Å². The number of rotatable bonds is 7. The average molecular weight is 729 g/mol. The summed E-state index contributed by atoms with van der Waals surface area (Å²) in [6.07, 6.45) is 0. The molecule has 0 amide bonds. The van der Waals surface area contributed by atoms with Crippen LogP contribution in [0.25, 0.3) is 100 Å². The van der Waals surface area contributed by atoms with Crippen molar-refractivity contribution >= 4 is 21.8 Å². The predicted octanol–water partition coefficient (Wildman–Crippen LogP) is 13.6. The van der Waals surface area contributed by atoms with E-state index in [0.29, 0.717) is 5.82 Å². The van der Waals surface area contributed by atoms with Crippen LogP contribution in [0.3, 0.4) is 0 Å². The molecule has 0 N–H and O–H groups in total. The number of nitrogens with zero attached hydrogens (tertiary/aromatic N) is 4. The maximum Gasteiger partial charge on any atom is 0.160 e. The molecule has 0 saturated heterocycles. The monoisotopic (exact) mass is 728 g/mol. The summed E-state index contributed by atoms with van der Waals surface area (Å²) in [6, 6.07) is 69.7. The van der Waals surface area contributed by atoms with E-state index >= 15 is 0 Å². The van der Waals surface area contributed by atoms with Crippen molar-refractivity contribution in [3.05, 3.63) is 206 Å². The molecule has 10 rings (SSSR count). The molecule has 3 aromatic heterocycles. The predicted molar refractivity (Wildman–Crippen MR) is 235 cm³/mol. The van der Waals surface area contributed by atoms with Crippen molar-refractivity contribution in [2.45, 2.75) is 6.92 Å². The van der Waals surface area contributed by atoms with E-state index in [1.165, 1.54) is 16.7 Å². The molecule has 7 aromatic carbocycles. The Labute approximate surface area is 331 Å². The summed E-state index contributed by atoms with van der Waals surface area (Å²) in [7, 11) is 0. The molecule has 0 saturated carbocycles. The van der Waals surface area contributed by atoms with Crippen molar-refractivity contribution in [3.8, 4) is 78.7 Å². The Morgan fingerprint density at radius 1 is 0.281 bits per heavy atom. The van der Waals surface area contributed by atoms with Crippen LogP contribution in [0.2, 0.25) is 0 Å². The molecule has 10 aromatic rings. The van der Waals surface area contributed by atoms with Crippen LogP contribution < -0.4 is 0 Å². The molecular weight excluding hydrogens is 693 g/mol. The molecule has 4 nitrogen and oxygen atoms in total. The summed E-state index contributed by atoms with van der Waals surface area (Å²) in [5, 5.41) is 2.19. The van der Waals surface area contributed by atoms with Gasteiger partial charge in [-0.1, -0.05) is 176 Å². The van der Waals surface area contributed by atoms with Crippen LogP contribution in [-0.4, -0.2) is 19.9 Å². The van der Waals surface area contributed by atoms with E-state index in [9.17, 15) is 0 Å². The minimum atomic E-state index is 0.697. The summed E-state index contributed by atoms with van der Waals surface area (Å²) in [4.78, 5) is 20.5. The Kier molecular flexibility index (Phi) is 8.69. The SMILES string of the molecule is Cc1cc(-c2ccc(-c3cccc(-c4cc(-c5ccc(-c6ccccc6)cc5)nc(-c5ccccc5)n4)c3)cc2)nc2c1ccc1ccc(-c3ccccc3)nc12. The Morgan fingerprint density at radius 2 is 0.737 bits per heavy atom. The van der Waals surface area contributed by atoms with E-state index in [2.05, 4.69) is 165 Å². The number of fused-ring (bicyclic) bond motifs is 3. The molecule has 57 heavy (non-hydrogen) atoms. The van der Waals surface area contributed by atoms with E-state index < -0.39 is 0 Å². The van der Waals surface area contributed by atoms with Gasteiger partial charge in [0, 0.05) is 38.6 Å². The molecular formula is C53H36N4. The molecule has 4 heteroatoms. The van der Waals surface area contributed by atoms with Gasteiger partial charge in [-0.05, 0) is 59.0 Å². The topological polar surface area (TPSA) is 51.6 Å². The zero-order valence-electron chi connectivity index (χ0n) is 31.3. The van der Waals surface area contributed by atoms with Crippen LogP contribution >= 0.6 is 0 Å². The standard InChI is InChI=1S/C53H36N4/c1-35-32-48(55-52-46(35)30-28-42-29-31-47(54-51(42)52)39-14-7-3-8-15-39)40-26-22-38(23-27-40)44-18-11-19-45(33-44)50-34-49(56-53(57-50)43-16-9-4-10-17-43)41-24-20-37(21-25-41)36-12-5-2-6-13-36/h2-34H,1H3. The van der Waals surface area contributed by atoms with Gasteiger partial charge in [0.15, 0.2) is 5.82 Å². The normalized spacial score (nSPS) is 11.2. The lowest BCUT2D eigenvalue weighted by molar-refractivity contribution is 1.18. The van der Waals surface area contributed by atoms with Gasteiger partial charge < -0.3 is 0 Å². The maximum atomic E-state index is 5.24. The molecule has 3 heterocycles. The van der Waals surface area contributed by atoms with Crippen LogP contribution in [0.4, 0.5) is 0 Å². The van der Waals surface area contributed by atoms with Crippen LogP contribution in [0.15, 0.2) is 200 Å². The Morgan fingerprint density at radius 3 is 1.40 bits per heavy atom. The lowest BCUT2D eigenvalue weighted by Crippen LogP contribution is -1.96. The molecule has 0 unspecified atom stereocenters. The number of aromatic nitrogens is 4. The third-order valence-electron chi connectivity index (χ3n) is 10.6. The lowest BCUT2D eigenvalue weighted by Gasteiger charge is -2.12. The first-order chi connectivity index (χ1) is 28.1. The molecule has 0 spiro atoms. The summed E-state index contributed by atoms with van der Waals surface area (Å²) in [5.74, 6) is 0.697. The number of pyridine rings is 2. The summed E-state index contributed by atoms with van der Waals surface area (Å²) < 4.78 is 0. The highest BCUT2D eigenvalue weighted by Crippen LogP contribution is 2.34. The van der Waals surface area contributed by atoms with Crippen LogP contribution in [0.1, 0.15) is 5.56 Å². The fourth-order valence-corrected chi connectivity index (χ4v) is 7.57. The second-order valence-corrected chi connectivity index (χ2v) is 14.3. The van der Waals surface area contributed by atoms with E-state index in [1.54, 1.807) is 0 Å². The van der Waals surface area contributed by atoms with Gasteiger partial charge >= 0.3 is 0 Å². The first-order valence-corrected chi connectivity index (χ1v) is 19.2. The van der Waals surface area contributed by atoms with Gasteiger partial charge in [0.25, 0.3) is 0 Å². The molecule has 0 bridgehead atoms. The van der Waals surface area contributed by atoms with Gasteiger partial charge in [0.2, 0.25) is 0 Å². The van der Waals surface area contributed by atoms with Gasteiger partial charge in [-0.3, -0.25) is 0 Å². The van der Waals surface area contributed by atoms with Gasteiger partial charge in [-0.15, -0.1) is 0 Å². The third-order valence-corrected chi connectivity index (χ3v) is 10.6. The molecule has 0 atom stereocenters. The van der Waals surface area contributed by atoms with Gasteiger partial charge in [0.1, 0.15) is 0 Å². The van der Waals surface area contributed by atoms with Crippen molar-refractivity contribution < 1.29 is 0 Å². The highest BCUT2D eigenvalue weighted by atomic mass is 14.9. The van der Waals surface area contributed by atoms with Crippen molar-refractivity contribution in [3.63, 3.8) is 0 Å². The first-order valence-electron chi connectivity index (χ1n) is 19.2. The van der Waals surface area contributed by atoms with Crippen molar-refractivity contribution in [1.29, 1.82) is 0 Å². The molecule has 0 aliphatic heterocycles.